The van der Waals surface area contributed by atoms with E-state index in [-0.39, 0.29) is 11.6 Å². The number of halogens is 1. The minimum atomic E-state index is -0.631. The summed E-state index contributed by atoms with van der Waals surface area (Å²) in [5.74, 6) is -0.929. The van der Waals surface area contributed by atoms with E-state index in [1.54, 1.807) is 6.07 Å². The van der Waals surface area contributed by atoms with Gasteiger partial charge in [0.2, 0.25) is 0 Å². The molecule has 2 amide bonds. The van der Waals surface area contributed by atoms with Gasteiger partial charge in [-0.3, -0.25) is 14.6 Å². The van der Waals surface area contributed by atoms with Gasteiger partial charge in [-0.25, -0.2) is 0 Å². The highest BCUT2D eigenvalue weighted by molar-refractivity contribution is 6.31. The van der Waals surface area contributed by atoms with Crippen molar-refractivity contribution in [2.24, 2.45) is 5.73 Å². The Balaban J connectivity index is 2.02. The normalized spacial score (nSPS) is 10.1. The first-order valence-corrected chi connectivity index (χ1v) is 6.23. The van der Waals surface area contributed by atoms with Gasteiger partial charge in [-0.05, 0) is 23.8 Å². The molecule has 102 valence electrons. The van der Waals surface area contributed by atoms with E-state index in [2.05, 4.69) is 10.3 Å². The lowest BCUT2D eigenvalue weighted by atomic mass is 10.2. The van der Waals surface area contributed by atoms with Crippen molar-refractivity contribution in [1.82, 2.24) is 10.3 Å². The second-order valence-electron chi connectivity index (χ2n) is 4.07. The molecule has 0 saturated carbocycles. The van der Waals surface area contributed by atoms with Crippen LogP contribution in [0, 0.1) is 0 Å². The Morgan fingerprint density at radius 1 is 1.20 bits per heavy atom. The van der Waals surface area contributed by atoms with Crippen molar-refractivity contribution >= 4 is 23.4 Å². The number of primary amides is 1. The van der Waals surface area contributed by atoms with Gasteiger partial charge in [0.25, 0.3) is 11.8 Å². The third-order valence-electron chi connectivity index (χ3n) is 2.68. The molecule has 0 spiro atoms. The third kappa shape index (κ3) is 3.33. The number of pyridine rings is 1. The van der Waals surface area contributed by atoms with E-state index in [1.165, 1.54) is 18.3 Å². The van der Waals surface area contributed by atoms with E-state index in [4.69, 9.17) is 17.3 Å². The van der Waals surface area contributed by atoms with Crippen molar-refractivity contribution < 1.29 is 9.59 Å². The first kappa shape index (κ1) is 14.0. The molecule has 5 nitrogen and oxygen atoms in total. The average molecular weight is 290 g/mol. The predicted octanol–water partition coefficient (Wildman–Crippen LogP) is 1.76. The monoisotopic (exact) mass is 289 g/mol. The van der Waals surface area contributed by atoms with E-state index in [9.17, 15) is 9.59 Å². The number of aromatic nitrogens is 1. The van der Waals surface area contributed by atoms with E-state index >= 15 is 0 Å². The summed E-state index contributed by atoms with van der Waals surface area (Å²) in [6.07, 6.45) is 1.31. The quantitative estimate of drug-likeness (QED) is 0.899. The van der Waals surface area contributed by atoms with Crippen LogP contribution in [0.5, 0.6) is 0 Å². The van der Waals surface area contributed by atoms with Gasteiger partial charge in [0.1, 0.15) is 5.69 Å². The SMILES string of the molecule is NC(=O)c1ccc(C(=O)NCc2ccccc2Cl)cn1. The third-order valence-corrected chi connectivity index (χ3v) is 3.04. The van der Waals surface area contributed by atoms with Crippen molar-refractivity contribution in [3.63, 3.8) is 0 Å². The maximum Gasteiger partial charge on any atom is 0.267 e. The van der Waals surface area contributed by atoms with Crippen molar-refractivity contribution in [3.05, 3.63) is 64.4 Å². The number of rotatable bonds is 4. The highest BCUT2D eigenvalue weighted by Gasteiger charge is 2.08. The van der Waals surface area contributed by atoms with Gasteiger partial charge in [-0.1, -0.05) is 29.8 Å². The van der Waals surface area contributed by atoms with Crippen LogP contribution in [0.1, 0.15) is 26.4 Å². The minimum absolute atomic E-state index is 0.118. The van der Waals surface area contributed by atoms with Gasteiger partial charge in [0.15, 0.2) is 0 Å². The van der Waals surface area contributed by atoms with Crippen molar-refractivity contribution in [1.29, 1.82) is 0 Å². The van der Waals surface area contributed by atoms with Crippen LogP contribution < -0.4 is 11.1 Å². The summed E-state index contributed by atoms with van der Waals surface area (Å²) in [5.41, 5.74) is 6.37. The zero-order valence-electron chi connectivity index (χ0n) is 10.5. The highest BCUT2D eigenvalue weighted by Crippen LogP contribution is 2.14. The van der Waals surface area contributed by atoms with Crippen molar-refractivity contribution in [2.75, 3.05) is 0 Å². The average Bonchev–Trinajstić information content (AvgIpc) is 2.46. The molecule has 0 unspecified atom stereocenters. The number of hydrogen-bond donors (Lipinski definition) is 2. The van der Waals surface area contributed by atoms with Crippen LogP contribution in [0.2, 0.25) is 5.02 Å². The molecule has 1 aromatic carbocycles. The summed E-state index contributed by atoms with van der Waals surface area (Å²) >= 11 is 5.99. The summed E-state index contributed by atoms with van der Waals surface area (Å²) in [5, 5.41) is 3.32. The lowest BCUT2D eigenvalue weighted by Gasteiger charge is -2.07. The molecule has 2 aromatic rings. The molecule has 20 heavy (non-hydrogen) atoms. The predicted molar refractivity (Wildman–Crippen MR) is 75.4 cm³/mol. The molecule has 0 bridgehead atoms. The van der Waals surface area contributed by atoms with Crippen molar-refractivity contribution in [2.45, 2.75) is 6.54 Å². The fourth-order valence-electron chi connectivity index (χ4n) is 1.59. The standard InChI is InChI=1S/C14H12ClN3O2/c15-11-4-2-1-3-9(11)7-18-14(20)10-5-6-12(13(16)19)17-8-10/h1-6,8H,7H2,(H2,16,19)(H,18,20). The largest absolute Gasteiger partial charge is 0.364 e. The van der Waals surface area contributed by atoms with Crippen LogP contribution in [-0.2, 0) is 6.54 Å². The van der Waals surface area contributed by atoms with Crippen LogP contribution in [0.25, 0.3) is 0 Å². The van der Waals surface area contributed by atoms with Crippen LogP contribution in [-0.4, -0.2) is 16.8 Å². The zero-order chi connectivity index (χ0) is 14.5. The molecule has 0 atom stereocenters. The Bertz CT molecular complexity index is 641. The topological polar surface area (TPSA) is 85.1 Å². The molecule has 0 aliphatic heterocycles. The zero-order valence-corrected chi connectivity index (χ0v) is 11.2. The molecule has 1 heterocycles. The van der Waals surface area contributed by atoms with E-state index in [0.29, 0.717) is 17.1 Å². The molecule has 0 fully saturated rings. The van der Waals surface area contributed by atoms with E-state index in [1.807, 2.05) is 18.2 Å². The number of benzene rings is 1. The fraction of sp³-hybridized carbons (Fsp3) is 0.0714. The van der Waals surface area contributed by atoms with E-state index in [0.717, 1.165) is 5.56 Å². The summed E-state index contributed by atoms with van der Waals surface area (Å²) < 4.78 is 0. The maximum absolute atomic E-state index is 11.9. The Hall–Kier alpha value is -2.40. The van der Waals surface area contributed by atoms with Gasteiger partial charge in [-0.2, -0.15) is 0 Å². The Kier molecular flexibility index (Phi) is 4.32. The molecular formula is C14H12ClN3O2. The molecule has 2 rings (SSSR count). The number of hydrogen-bond acceptors (Lipinski definition) is 3. The Labute approximate surface area is 120 Å². The van der Waals surface area contributed by atoms with Gasteiger partial charge < -0.3 is 11.1 Å². The molecule has 0 radical (unpaired) electrons. The second kappa shape index (κ2) is 6.16. The smallest absolute Gasteiger partial charge is 0.267 e. The Morgan fingerprint density at radius 2 is 1.95 bits per heavy atom. The number of nitrogens with one attached hydrogen (secondary N) is 1. The van der Waals surface area contributed by atoms with Gasteiger partial charge in [0.05, 0.1) is 5.56 Å². The lowest BCUT2D eigenvalue weighted by molar-refractivity contribution is 0.0947. The molecule has 6 heteroatoms. The van der Waals surface area contributed by atoms with E-state index < -0.39 is 5.91 Å². The fourth-order valence-corrected chi connectivity index (χ4v) is 1.80. The number of amides is 2. The van der Waals surface area contributed by atoms with Crippen LogP contribution >= 0.6 is 11.6 Å². The van der Waals surface area contributed by atoms with Crippen LogP contribution in [0.3, 0.4) is 0 Å². The number of nitrogens with two attached hydrogens (primary N) is 1. The van der Waals surface area contributed by atoms with Crippen molar-refractivity contribution in [3.8, 4) is 0 Å². The number of nitrogens with zero attached hydrogens (tertiary/aromatic N) is 1. The van der Waals surface area contributed by atoms with Gasteiger partial charge in [-0.15, -0.1) is 0 Å². The molecule has 0 saturated heterocycles. The maximum atomic E-state index is 11.9. The first-order valence-electron chi connectivity index (χ1n) is 5.85. The minimum Gasteiger partial charge on any atom is -0.364 e. The summed E-state index contributed by atoms with van der Waals surface area (Å²) in [4.78, 5) is 26.6. The molecule has 1 aromatic heterocycles. The van der Waals surface area contributed by atoms with Gasteiger partial charge in [0, 0.05) is 17.8 Å². The summed E-state index contributed by atoms with van der Waals surface area (Å²) in [6, 6.07) is 10.2. The molecule has 0 aliphatic rings. The Morgan fingerprint density at radius 3 is 2.55 bits per heavy atom. The first-order chi connectivity index (χ1) is 9.58. The summed E-state index contributed by atoms with van der Waals surface area (Å²) in [6.45, 7) is 0.316. The molecule has 3 N–H and O–H groups in total. The molecule has 0 aliphatic carbocycles. The van der Waals surface area contributed by atoms with Crippen LogP contribution in [0.15, 0.2) is 42.6 Å². The number of carbonyl (C=O) groups is 2. The summed E-state index contributed by atoms with van der Waals surface area (Å²) in [7, 11) is 0. The van der Waals surface area contributed by atoms with Crippen LogP contribution in [0.4, 0.5) is 0 Å². The molecular weight excluding hydrogens is 278 g/mol. The second-order valence-corrected chi connectivity index (χ2v) is 4.48. The van der Waals surface area contributed by atoms with Gasteiger partial charge >= 0.3 is 0 Å². The highest BCUT2D eigenvalue weighted by atomic mass is 35.5. The number of carbonyl (C=O) groups excluding carboxylic acids is 2. The lowest BCUT2D eigenvalue weighted by Crippen LogP contribution is -2.23.